The van der Waals surface area contributed by atoms with Gasteiger partial charge in [0.2, 0.25) is 17.7 Å². The number of carbonyl (C=O) groups is 4. The average Bonchev–Trinajstić information content (AvgIpc) is 3.59. The monoisotopic (exact) mass is 535 g/mol. The first kappa shape index (κ1) is 27.8. The van der Waals surface area contributed by atoms with E-state index in [0.717, 1.165) is 16.5 Å². The van der Waals surface area contributed by atoms with Crippen molar-refractivity contribution in [1.29, 1.82) is 0 Å². The number of para-hydroxylation sites is 1. The third-order valence-corrected chi connectivity index (χ3v) is 6.98. The van der Waals surface area contributed by atoms with E-state index in [1.165, 1.54) is 4.90 Å². The van der Waals surface area contributed by atoms with Gasteiger partial charge in [-0.25, -0.2) is 4.79 Å². The summed E-state index contributed by atoms with van der Waals surface area (Å²) in [7, 11) is 0. The van der Waals surface area contributed by atoms with Gasteiger partial charge >= 0.3 is 5.97 Å². The van der Waals surface area contributed by atoms with Crippen LogP contribution in [0.1, 0.15) is 24.0 Å². The second-order valence-electron chi connectivity index (χ2n) is 9.69. The molecular weight excluding hydrogens is 502 g/mol. The molecule has 11 nitrogen and oxygen atoms in total. The predicted octanol–water partition coefficient (Wildman–Crippen LogP) is 0.318. The van der Waals surface area contributed by atoms with E-state index < -0.39 is 48.6 Å². The highest BCUT2D eigenvalue weighted by Crippen LogP contribution is 2.22. The molecular formula is C28H33N5O6. The minimum Gasteiger partial charge on any atom is -0.480 e. The minimum absolute atomic E-state index is 0.0350. The maximum Gasteiger partial charge on any atom is 0.326 e. The Kier molecular flexibility index (Phi) is 8.95. The summed E-state index contributed by atoms with van der Waals surface area (Å²) in [4.78, 5) is 55.4. The summed E-state index contributed by atoms with van der Waals surface area (Å²) in [5.74, 6) is -3.06. The number of aromatic nitrogens is 1. The van der Waals surface area contributed by atoms with Gasteiger partial charge in [-0.05, 0) is 36.5 Å². The van der Waals surface area contributed by atoms with E-state index in [-0.39, 0.29) is 18.7 Å². The van der Waals surface area contributed by atoms with E-state index in [4.69, 9.17) is 5.73 Å². The Bertz CT molecular complexity index is 1330. The SMILES string of the molecule is NC(Cc1c[nH]c2ccccc12)C(=O)N1CCCC1C(=O)NC(CO)C(=O)NC(Cc1ccccc1)C(=O)O. The maximum absolute atomic E-state index is 13.2. The maximum atomic E-state index is 13.2. The van der Waals surface area contributed by atoms with Crippen LogP contribution in [-0.4, -0.2) is 81.1 Å². The molecule has 4 atom stereocenters. The lowest BCUT2D eigenvalue weighted by Gasteiger charge is -2.28. The lowest BCUT2D eigenvalue weighted by molar-refractivity contribution is -0.143. The number of carboxylic acids is 1. The summed E-state index contributed by atoms with van der Waals surface area (Å²) in [5.41, 5.74) is 8.81. The molecule has 7 N–H and O–H groups in total. The Labute approximate surface area is 225 Å². The molecule has 4 unspecified atom stereocenters. The van der Waals surface area contributed by atoms with Gasteiger partial charge in [0.15, 0.2) is 0 Å². The van der Waals surface area contributed by atoms with Crippen molar-refractivity contribution in [3.8, 4) is 0 Å². The van der Waals surface area contributed by atoms with Gasteiger partial charge in [-0.1, -0.05) is 48.5 Å². The number of rotatable bonds is 11. The number of aliphatic hydroxyl groups is 1. The molecule has 1 aliphatic heterocycles. The van der Waals surface area contributed by atoms with Crippen LogP contribution >= 0.6 is 0 Å². The number of aromatic amines is 1. The average molecular weight is 536 g/mol. The first-order valence-electron chi connectivity index (χ1n) is 12.9. The molecule has 2 heterocycles. The highest BCUT2D eigenvalue weighted by Gasteiger charge is 2.38. The quantitative estimate of drug-likeness (QED) is 0.205. The Balaban J connectivity index is 1.37. The number of amides is 3. The topological polar surface area (TPSA) is 178 Å². The number of fused-ring (bicyclic) bond motifs is 1. The first-order chi connectivity index (χ1) is 18.8. The van der Waals surface area contributed by atoms with Crippen molar-refractivity contribution in [1.82, 2.24) is 20.5 Å². The van der Waals surface area contributed by atoms with E-state index >= 15 is 0 Å². The van der Waals surface area contributed by atoms with Crippen molar-refractivity contribution < 1.29 is 29.4 Å². The lowest BCUT2D eigenvalue weighted by atomic mass is 10.0. The Morgan fingerprint density at radius 3 is 2.44 bits per heavy atom. The van der Waals surface area contributed by atoms with E-state index in [9.17, 15) is 29.4 Å². The number of nitrogens with zero attached hydrogens (tertiary/aromatic N) is 1. The molecule has 2 aromatic carbocycles. The number of aliphatic hydroxyl groups excluding tert-OH is 1. The second kappa shape index (κ2) is 12.5. The smallest absolute Gasteiger partial charge is 0.326 e. The number of nitrogens with two attached hydrogens (primary N) is 1. The molecule has 206 valence electrons. The summed E-state index contributed by atoms with van der Waals surface area (Å²) in [6, 6.07) is 12.1. The van der Waals surface area contributed by atoms with E-state index in [1.54, 1.807) is 30.3 Å². The Morgan fingerprint density at radius 2 is 1.72 bits per heavy atom. The number of benzene rings is 2. The van der Waals surface area contributed by atoms with E-state index in [1.807, 2.05) is 30.5 Å². The number of hydrogen-bond acceptors (Lipinski definition) is 6. The summed E-state index contributed by atoms with van der Waals surface area (Å²) in [6.07, 6.45) is 3.10. The van der Waals surface area contributed by atoms with Crippen LogP contribution in [-0.2, 0) is 32.0 Å². The molecule has 1 aromatic heterocycles. The normalized spacial score (nSPS) is 17.4. The van der Waals surface area contributed by atoms with Crippen molar-refractivity contribution in [2.24, 2.45) is 5.73 Å². The van der Waals surface area contributed by atoms with Gasteiger partial charge in [-0.2, -0.15) is 0 Å². The van der Waals surface area contributed by atoms with Crippen molar-refractivity contribution >= 4 is 34.6 Å². The zero-order valence-corrected chi connectivity index (χ0v) is 21.4. The predicted molar refractivity (Wildman–Crippen MR) is 143 cm³/mol. The molecule has 1 saturated heterocycles. The van der Waals surface area contributed by atoms with Crippen molar-refractivity contribution in [2.75, 3.05) is 13.2 Å². The molecule has 11 heteroatoms. The highest BCUT2D eigenvalue weighted by molar-refractivity contribution is 5.95. The van der Waals surface area contributed by atoms with Crippen LogP contribution in [0.2, 0.25) is 0 Å². The molecule has 3 amide bonds. The van der Waals surface area contributed by atoms with Gasteiger partial charge in [-0.3, -0.25) is 14.4 Å². The molecule has 0 aliphatic carbocycles. The molecule has 0 radical (unpaired) electrons. The standard InChI is InChI=1S/C28H33N5O6/c29-20(14-18-15-30-21-10-5-4-9-19(18)21)27(37)33-12-6-11-24(33)26(36)32-23(16-34)25(35)31-22(28(38)39)13-17-7-2-1-3-8-17/h1-5,7-10,15,20,22-24,30,34H,6,11-14,16,29H2,(H,31,35)(H,32,36)(H,38,39). The van der Waals surface area contributed by atoms with Crippen LogP contribution in [0.15, 0.2) is 60.8 Å². The van der Waals surface area contributed by atoms with Gasteiger partial charge in [0, 0.05) is 30.1 Å². The van der Waals surface area contributed by atoms with E-state index in [2.05, 4.69) is 15.6 Å². The number of aliphatic carboxylic acids is 1. The fraction of sp³-hybridized carbons (Fsp3) is 0.357. The highest BCUT2D eigenvalue weighted by atomic mass is 16.4. The summed E-state index contributed by atoms with van der Waals surface area (Å²) < 4.78 is 0. The minimum atomic E-state index is -1.38. The van der Waals surface area contributed by atoms with Crippen molar-refractivity contribution in [3.05, 3.63) is 71.9 Å². The van der Waals surface area contributed by atoms with Gasteiger partial charge in [0.1, 0.15) is 18.1 Å². The van der Waals surface area contributed by atoms with Crippen LogP contribution in [0.25, 0.3) is 10.9 Å². The van der Waals surface area contributed by atoms with Crippen LogP contribution in [0.4, 0.5) is 0 Å². The third-order valence-electron chi connectivity index (χ3n) is 6.98. The molecule has 0 spiro atoms. The molecule has 1 fully saturated rings. The molecule has 0 saturated carbocycles. The molecule has 4 rings (SSSR count). The molecule has 3 aromatic rings. The summed E-state index contributed by atoms with van der Waals surface area (Å²) in [5, 5.41) is 25.2. The van der Waals surface area contributed by atoms with Crippen LogP contribution < -0.4 is 16.4 Å². The number of H-pyrrole nitrogens is 1. The molecule has 1 aliphatic rings. The number of nitrogens with one attached hydrogen (secondary N) is 3. The largest absolute Gasteiger partial charge is 0.480 e. The number of hydrogen-bond donors (Lipinski definition) is 6. The van der Waals surface area contributed by atoms with Gasteiger partial charge < -0.3 is 36.5 Å². The molecule has 39 heavy (non-hydrogen) atoms. The lowest BCUT2D eigenvalue weighted by Crippen LogP contribution is -2.58. The fourth-order valence-electron chi connectivity index (χ4n) is 4.93. The second-order valence-corrected chi connectivity index (χ2v) is 9.69. The zero-order valence-electron chi connectivity index (χ0n) is 21.4. The van der Waals surface area contributed by atoms with Crippen LogP contribution in [0.3, 0.4) is 0 Å². The van der Waals surface area contributed by atoms with Crippen LogP contribution in [0.5, 0.6) is 0 Å². The van der Waals surface area contributed by atoms with Crippen molar-refractivity contribution in [2.45, 2.75) is 49.9 Å². The number of carbonyl (C=O) groups excluding carboxylic acids is 3. The van der Waals surface area contributed by atoms with E-state index in [0.29, 0.717) is 24.9 Å². The fourth-order valence-corrected chi connectivity index (χ4v) is 4.93. The van der Waals surface area contributed by atoms with Gasteiger partial charge in [0.25, 0.3) is 0 Å². The zero-order chi connectivity index (χ0) is 27.9. The third kappa shape index (κ3) is 6.62. The number of carboxylic acid groups (broad SMARTS) is 1. The van der Waals surface area contributed by atoms with Crippen molar-refractivity contribution in [3.63, 3.8) is 0 Å². The Hall–Kier alpha value is -4.22. The summed E-state index contributed by atoms with van der Waals surface area (Å²) in [6.45, 7) is -0.400. The van der Waals surface area contributed by atoms with Gasteiger partial charge in [-0.15, -0.1) is 0 Å². The van der Waals surface area contributed by atoms with Gasteiger partial charge in [0.05, 0.1) is 12.6 Å². The summed E-state index contributed by atoms with van der Waals surface area (Å²) >= 11 is 0. The first-order valence-corrected chi connectivity index (χ1v) is 12.9. The Morgan fingerprint density at radius 1 is 1.00 bits per heavy atom. The number of likely N-dealkylation sites (tertiary alicyclic amines) is 1. The van der Waals surface area contributed by atoms with Crippen LogP contribution in [0, 0.1) is 0 Å². The molecule has 0 bridgehead atoms.